The summed E-state index contributed by atoms with van der Waals surface area (Å²) in [6, 6.07) is 8.10. The molecule has 2 aromatic rings. The number of methoxy groups -OCH3 is 1. The van der Waals surface area contributed by atoms with E-state index in [-0.39, 0.29) is 6.04 Å². The van der Waals surface area contributed by atoms with Gasteiger partial charge in [-0.05, 0) is 35.5 Å². The van der Waals surface area contributed by atoms with Crippen molar-refractivity contribution in [3.8, 4) is 5.75 Å². The summed E-state index contributed by atoms with van der Waals surface area (Å²) in [6.45, 7) is 3.05. The van der Waals surface area contributed by atoms with Gasteiger partial charge in [-0.15, -0.1) is 0 Å². The number of benzene rings is 1. The normalized spacial score (nSPS) is 12.4. The molecular formula is C15H20BrN3O. The Balaban J connectivity index is 2.49. The van der Waals surface area contributed by atoms with Gasteiger partial charge in [0.05, 0.1) is 29.5 Å². The number of halogens is 1. The van der Waals surface area contributed by atoms with E-state index in [0.717, 1.165) is 34.4 Å². The van der Waals surface area contributed by atoms with Crippen LogP contribution in [0.1, 0.15) is 30.6 Å². The third kappa shape index (κ3) is 2.88. The van der Waals surface area contributed by atoms with Crippen molar-refractivity contribution < 1.29 is 4.74 Å². The Hall–Kier alpha value is -1.33. The molecule has 0 spiro atoms. The molecule has 0 bridgehead atoms. The fraction of sp³-hybridized carbons (Fsp3) is 0.400. The lowest BCUT2D eigenvalue weighted by Crippen LogP contribution is -2.22. The number of hydrogen-bond acceptors (Lipinski definition) is 3. The summed E-state index contributed by atoms with van der Waals surface area (Å²) in [5.41, 5.74) is 2.23. The van der Waals surface area contributed by atoms with Gasteiger partial charge in [-0.2, -0.15) is 5.10 Å². The monoisotopic (exact) mass is 337 g/mol. The first-order valence-electron chi connectivity index (χ1n) is 6.74. The molecule has 1 atom stereocenters. The molecule has 108 valence electrons. The molecule has 0 saturated heterocycles. The second-order valence-electron chi connectivity index (χ2n) is 4.56. The van der Waals surface area contributed by atoms with Gasteiger partial charge in [-0.1, -0.05) is 25.1 Å². The van der Waals surface area contributed by atoms with E-state index in [1.165, 1.54) is 0 Å². The van der Waals surface area contributed by atoms with Crippen LogP contribution in [-0.2, 0) is 6.54 Å². The van der Waals surface area contributed by atoms with E-state index in [1.807, 2.05) is 36.1 Å². The van der Waals surface area contributed by atoms with Gasteiger partial charge in [0.1, 0.15) is 5.75 Å². The van der Waals surface area contributed by atoms with Crippen molar-refractivity contribution in [2.45, 2.75) is 25.9 Å². The molecule has 5 heteroatoms. The lowest BCUT2D eigenvalue weighted by Gasteiger charge is -2.21. The fourth-order valence-electron chi connectivity index (χ4n) is 2.39. The standard InChI is InChI=1S/C15H20BrN3O/c1-4-9-19-15(12(16)10-18-19)14(17-2)11-7-5-6-8-13(11)20-3/h5-8,10,14,17H,4,9H2,1-3H3. The van der Waals surface area contributed by atoms with Crippen molar-refractivity contribution in [3.05, 3.63) is 46.2 Å². The highest BCUT2D eigenvalue weighted by Crippen LogP contribution is 2.33. The summed E-state index contributed by atoms with van der Waals surface area (Å²) in [5.74, 6) is 0.878. The number of aryl methyl sites for hydroxylation is 1. The molecule has 1 aromatic carbocycles. The largest absolute Gasteiger partial charge is 0.496 e. The highest BCUT2D eigenvalue weighted by atomic mass is 79.9. The Labute approximate surface area is 128 Å². The molecule has 1 N–H and O–H groups in total. The molecular weight excluding hydrogens is 318 g/mol. The number of aromatic nitrogens is 2. The van der Waals surface area contributed by atoms with Crippen molar-refractivity contribution in [2.75, 3.05) is 14.2 Å². The van der Waals surface area contributed by atoms with E-state index < -0.39 is 0 Å². The quantitative estimate of drug-likeness (QED) is 0.878. The molecule has 1 heterocycles. The minimum absolute atomic E-state index is 0.0366. The molecule has 20 heavy (non-hydrogen) atoms. The van der Waals surface area contributed by atoms with Crippen LogP contribution < -0.4 is 10.1 Å². The number of rotatable bonds is 6. The van der Waals surface area contributed by atoms with Crippen molar-refractivity contribution in [3.63, 3.8) is 0 Å². The Bertz CT molecular complexity index is 568. The minimum atomic E-state index is 0.0366. The van der Waals surface area contributed by atoms with E-state index in [0.29, 0.717) is 0 Å². The van der Waals surface area contributed by atoms with Crippen LogP contribution in [0.3, 0.4) is 0 Å². The molecule has 4 nitrogen and oxygen atoms in total. The number of hydrogen-bond donors (Lipinski definition) is 1. The van der Waals surface area contributed by atoms with Gasteiger partial charge < -0.3 is 10.1 Å². The second kappa shape index (κ2) is 6.90. The molecule has 0 saturated carbocycles. The highest BCUT2D eigenvalue weighted by molar-refractivity contribution is 9.10. The third-order valence-electron chi connectivity index (χ3n) is 3.28. The maximum Gasteiger partial charge on any atom is 0.124 e. The van der Waals surface area contributed by atoms with E-state index in [1.54, 1.807) is 7.11 Å². The van der Waals surface area contributed by atoms with Gasteiger partial charge in [0.25, 0.3) is 0 Å². The van der Waals surface area contributed by atoms with Gasteiger partial charge >= 0.3 is 0 Å². The van der Waals surface area contributed by atoms with Crippen molar-refractivity contribution in [2.24, 2.45) is 0 Å². The lowest BCUT2D eigenvalue weighted by atomic mass is 10.0. The smallest absolute Gasteiger partial charge is 0.124 e. The lowest BCUT2D eigenvalue weighted by molar-refractivity contribution is 0.403. The summed E-state index contributed by atoms with van der Waals surface area (Å²) in [4.78, 5) is 0. The van der Waals surface area contributed by atoms with Crippen LogP contribution in [-0.4, -0.2) is 23.9 Å². The molecule has 0 aliphatic rings. The fourth-order valence-corrected chi connectivity index (χ4v) is 2.92. The first-order valence-corrected chi connectivity index (χ1v) is 7.53. The molecule has 0 fully saturated rings. The van der Waals surface area contributed by atoms with Crippen molar-refractivity contribution >= 4 is 15.9 Å². The number of para-hydroxylation sites is 1. The molecule has 0 amide bonds. The van der Waals surface area contributed by atoms with Crippen molar-refractivity contribution in [1.29, 1.82) is 0 Å². The SMILES string of the molecule is CCCn1ncc(Br)c1C(NC)c1ccccc1OC. The predicted molar refractivity (Wildman–Crippen MR) is 84.1 cm³/mol. The zero-order chi connectivity index (χ0) is 14.5. The zero-order valence-corrected chi connectivity index (χ0v) is 13.6. The second-order valence-corrected chi connectivity index (χ2v) is 5.42. The Morgan fingerprint density at radius 2 is 2.15 bits per heavy atom. The van der Waals surface area contributed by atoms with Gasteiger partial charge in [0.2, 0.25) is 0 Å². The van der Waals surface area contributed by atoms with Crippen LogP contribution >= 0.6 is 15.9 Å². The number of ether oxygens (including phenoxy) is 1. The topological polar surface area (TPSA) is 39.1 Å². The van der Waals surface area contributed by atoms with E-state index in [9.17, 15) is 0 Å². The van der Waals surface area contributed by atoms with Gasteiger partial charge in [0, 0.05) is 12.1 Å². The Morgan fingerprint density at radius 3 is 2.80 bits per heavy atom. The summed E-state index contributed by atoms with van der Waals surface area (Å²) in [7, 11) is 3.65. The average Bonchev–Trinajstić information content (AvgIpc) is 2.83. The zero-order valence-electron chi connectivity index (χ0n) is 12.1. The number of nitrogens with one attached hydrogen (secondary N) is 1. The van der Waals surface area contributed by atoms with E-state index >= 15 is 0 Å². The van der Waals surface area contributed by atoms with Gasteiger partial charge in [-0.3, -0.25) is 4.68 Å². The summed E-state index contributed by atoms with van der Waals surface area (Å²) in [6.07, 6.45) is 2.90. The number of nitrogens with zero attached hydrogens (tertiary/aromatic N) is 2. The third-order valence-corrected chi connectivity index (χ3v) is 3.89. The Morgan fingerprint density at radius 1 is 1.40 bits per heavy atom. The van der Waals surface area contributed by atoms with Gasteiger partial charge in [-0.25, -0.2) is 0 Å². The Kier molecular flexibility index (Phi) is 5.20. The van der Waals surface area contributed by atoms with E-state index in [4.69, 9.17) is 4.74 Å². The average molecular weight is 338 g/mol. The molecule has 0 radical (unpaired) electrons. The first-order chi connectivity index (χ1) is 9.72. The molecule has 1 unspecified atom stereocenters. The minimum Gasteiger partial charge on any atom is -0.496 e. The molecule has 2 rings (SSSR count). The molecule has 0 aliphatic carbocycles. The van der Waals surface area contributed by atoms with Gasteiger partial charge in [0.15, 0.2) is 0 Å². The molecule has 1 aromatic heterocycles. The van der Waals surface area contributed by atoms with Crippen LogP contribution in [0, 0.1) is 0 Å². The summed E-state index contributed by atoms with van der Waals surface area (Å²) >= 11 is 3.61. The van der Waals surface area contributed by atoms with Crippen molar-refractivity contribution in [1.82, 2.24) is 15.1 Å². The van der Waals surface area contributed by atoms with Crippen LogP contribution in [0.2, 0.25) is 0 Å². The van der Waals surface area contributed by atoms with Crippen LogP contribution in [0.5, 0.6) is 5.75 Å². The van der Waals surface area contributed by atoms with Crippen LogP contribution in [0.4, 0.5) is 0 Å². The van der Waals surface area contributed by atoms with E-state index in [2.05, 4.69) is 39.3 Å². The highest BCUT2D eigenvalue weighted by Gasteiger charge is 2.22. The maximum atomic E-state index is 5.48. The predicted octanol–water partition coefficient (Wildman–Crippen LogP) is 3.37. The summed E-state index contributed by atoms with van der Waals surface area (Å²) < 4.78 is 8.53. The van der Waals surface area contributed by atoms with Crippen LogP contribution in [0.15, 0.2) is 34.9 Å². The molecule has 0 aliphatic heterocycles. The summed E-state index contributed by atoms with van der Waals surface area (Å²) in [5, 5.41) is 7.81. The van der Waals surface area contributed by atoms with Crippen LogP contribution in [0.25, 0.3) is 0 Å². The maximum absolute atomic E-state index is 5.48. The first kappa shape index (κ1) is 15.1.